The summed E-state index contributed by atoms with van der Waals surface area (Å²) in [6.07, 6.45) is 8.05. The van der Waals surface area contributed by atoms with Crippen LogP contribution < -0.4 is 0 Å². The van der Waals surface area contributed by atoms with Crippen molar-refractivity contribution in [3.8, 4) is 16.8 Å². The molecule has 2 heterocycles. The first-order valence-electron chi connectivity index (χ1n) is 8.96. The Morgan fingerprint density at radius 2 is 2.04 bits per heavy atom. The Morgan fingerprint density at radius 3 is 2.81 bits per heavy atom. The maximum atomic E-state index is 5.71. The molecule has 2 aromatic carbocycles. The molecule has 2 aromatic heterocycles. The van der Waals surface area contributed by atoms with Crippen LogP contribution in [0.15, 0.2) is 71.8 Å². The zero-order valence-corrected chi connectivity index (χ0v) is 14.6. The molecule has 1 atom stereocenters. The smallest absolute Gasteiger partial charge is 0.100 e. The lowest BCUT2D eigenvalue weighted by Gasteiger charge is -2.15. The molecule has 0 spiro atoms. The highest BCUT2D eigenvalue weighted by Gasteiger charge is 2.32. The number of aromatic nitrogens is 2. The molecule has 26 heavy (non-hydrogen) atoms. The van der Waals surface area contributed by atoms with Crippen LogP contribution in [0.25, 0.3) is 27.8 Å². The molecule has 0 aliphatic heterocycles. The van der Waals surface area contributed by atoms with Crippen LogP contribution in [-0.2, 0) is 4.74 Å². The lowest BCUT2D eigenvalue weighted by atomic mass is 10.0. The van der Waals surface area contributed by atoms with Crippen LogP contribution in [0, 0.1) is 5.92 Å². The summed E-state index contributed by atoms with van der Waals surface area (Å²) >= 11 is 0. The van der Waals surface area contributed by atoms with Gasteiger partial charge in [0.25, 0.3) is 0 Å². The van der Waals surface area contributed by atoms with E-state index in [0.717, 1.165) is 27.8 Å². The van der Waals surface area contributed by atoms with Crippen LogP contribution in [-0.4, -0.2) is 16.7 Å². The largest absolute Gasteiger partial charge is 0.472 e. The molecule has 1 aliphatic rings. The lowest BCUT2D eigenvalue weighted by molar-refractivity contribution is 0.0847. The van der Waals surface area contributed by atoms with Crippen LogP contribution in [0.4, 0.5) is 0 Å². The average molecular weight is 344 g/mol. The zero-order chi connectivity index (χ0) is 17.5. The summed E-state index contributed by atoms with van der Waals surface area (Å²) in [4.78, 5) is 4.63. The molecule has 0 bridgehead atoms. The Morgan fingerprint density at radius 1 is 1.12 bits per heavy atom. The van der Waals surface area contributed by atoms with Crippen molar-refractivity contribution in [1.82, 2.24) is 9.55 Å². The van der Waals surface area contributed by atoms with Gasteiger partial charge in [-0.15, -0.1) is 0 Å². The Bertz CT molecular complexity index is 1050. The van der Waals surface area contributed by atoms with Gasteiger partial charge in [0.2, 0.25) is 0 Å². The second-order valence-electron chi connectivity index (χ2n) is 6.92. The quantitative estimate of drug-likeness (QED) is 0.488. The van der Waals surface area contributed by atoms with Crippen molar-refractivity contribution in [2.75, 3.05) is 7.11 Å². The number of rotatable bonds is 5. The van der Waals surface area contributed by atoms with Crippen molar-refractivity contribution >= 4 is 11.0 Å². The summed E-state index contributed by atoms with van der Waals surface area (Å²) in [6, 6.07) is 16.9. The zero-order valence-electron chi connectivity index (χ0n) is 14.6. The summed E-state index contributed by atoms with van der Waals surface area (Å²) in [7, 11) is 1.80. The highest BCUT2D eigenvalue weighted by molar-refractivity contribution is 5.79. The molecular formula is C22H20N2O2. The Balaban J connectivity index is 1.55. The standard InChI is InChI=1S/C22H20N2O2/c1-25-22(15-5-6-15)17-7-8-21-20(12-17)23-14-24(21)19-4-2-3-16(11-19)18-9-10-26-13-18/h2-4,7-15,22H,5-6H2,1H3. The summed E-state index contributed by atoms with van der Waals surface area (Å²) in [6.45, 7) is 0. The van der Waals surface area contributed by atoms with E-state index in [-0.39, 0.29) is 6.10 Å². The number of nitrogens with zero attached hydrogens (tertiary/aromatic N) is 2. The Kier molecular flexibility index (Phi) is 3.64. The number of benzene rings is 2. The van der Waals surface area contributed by atoms with Gasteiger partial charge in [-0.3, -0.25) is 4.57 Å². The maximum absolute atomic E-state index is 5.71. The average Bonchev–Trinajstić information content (AvgIpc) is 3.20. The second kappa shape index (κ2) is 6.15. The van der Waals surface area contributed by atoms with E-state index >= 15 is 0 Å². The van der Waals surface area contributed by atoms with E-state index in [1.54, 1.807) is 19.6 Å². The third-order valence-corrected chi connectivity index (χ3v) is 5.18. The summed E-state index contributed by atoms with van der Waals surface area (Å²) in [5.41, 5.74) is 6.61. The first-order valence-corrected chi connectivity index (χ1v) is 8.96. The summed E-state index contributed by atoms with van der Waals surface area (Å²) < 4.78 is 13.1. The van der Waals surface area contributed by atoms with Gasteiger partial charge in [0.1, 0.15) is 6.33 Å². The molecule has 4 heteroatoms. The molecule has 1 fully saturated rings. The van der Waals surface area contributed by atoms with Crippen molar-refractivity contribution in [2.45, 2.75) is 18.9 Å². The van der Waals surface area contributed by atoms with E-state index < -0.39 is 0 Å². The van der Waals surface area contributed by atoms with E-state index in [0.29, 0.717) is 5.92 Å². The molecular weight excluding hydrogens is 324 g/mol. The highest BCUT2D eigenvalue weighted by Crippen LogP contribution is 2.43. The summed E-state index contributed by atoms with van der Waals surface area (Å²) in [5.74, 6) is 0.658. The van der Waals surface area contributed by atoms with Crippen molar-refractivity contribution in [3.05, 3.63) is 72.9 Å². The van der Waals surface area contributed by atoms with Gasteiger partial charge in [-0.1, -0.05) is 18.2 Å². The van der Waals surface area contributed by atoms with Gasteiger partial charge in [0, 0.05) is 18.4 Å². The van der Waals surface area contributed by atoms with Crippen molar-refractivity contribution in [1.29, 1.82) is 0 Å². The third-order valence-electron chi connectivity index (χ3n) is 5.18. The molecule has 0 amide bonds. The van der Waals surface area contributed by atoms with Crippen molar-refractivity contribution in [3.63, 3.8) is 0 Å². The van der Waals surface area contributed by atoms with E-state index in [1.807, 2.05) is 12.4 Å². The lowest BCUT2D eigenvalue weighted by Crippen LogP contribution is -2.03. The minimum Gasteiger partial charge on any atom is -0.472 e. The van der Waals surface area contributed by atoms with Gasteiger partial charge in [0.15, 0.2) is 0 Å². The third kappa shape index (κ3) is 2.63. The normalized spacial score (nSPS) is 15.4. The maximum Gasteiger partial charge on any atom is 0.100 e. The van der Waals surface area contributed by atoms with Crippen LogP contribution in [0.5, 0.6) is 0 Å². The number of ether oxygens (including phenoxy) is 1. The van der Waals surface area contributed by atoms with E-state index in [4.69, 9.17) is 9.15 Å². The molecule has 1 unspecified atom stereocenters. The number of furan rings is 1. The van der Waals surface area contributed by atoms with Crippen molar-refractivity contribution in [2.24, 2.45) is 5.92 Å². The fourth-order valence-corrected chi connectivity index (χ4v) is 3.68. The molecule has 5 rings (SSSR count). The monoisotopic (exact) mass is 344 g/mol. The highest BCUT2D eigenvalue weighted by atomic mass is 16.5. The second-order valence-corrected chi connectivity index (χ2v) is 6.92. The number of fused-ring (bicyclic) bond motifs is 1. The van der Waals surface area contributed by atoms with Gasteiger partial charge < -0.3 is 9.15 Å². The van der Waals surface area contributed by atoms with E-state index in [2.05, 4.69) is 52.0 Å². The first kappa shape index (κ1) is 15.4. The Labute approximate surface area is 152 Å². The van der Waals surface area contributed by atoms with Gasteiger partial charge in [-0.05, 0) is 60.2 Å². The molecule has 4 aromatic rings. The number of methoxy groups -OCH3 is 1. The van der Waals surface area contributed by atoms with Crippen LogP contribution in [0.3, 0.4) is 0 Å². The first-order chi connectivity index (χ1) is 12.8. The number of hydrogen-bond acceptors (Lipinski definition) is 3. The Hall–Kier alpha value is -2.85. The van der Waals surface area contributed by atoms with Gasteiger partial charge in [-0.25, -0.2) is 4.98 Å². The van der Waals surface area contributed by atoms with Crippen LogP contribution in [0.2, 0.25) is 0 Å². The molecule has 1 saturated carbocycles. The SMILES string of the molecule is COC(c1ccc2c(c1)ncn2-c1cccc(-c2ccoc2)c1)C1CC1. The van der Waals surface area contributed by atoms with Gasteiger partial charge in [0.05, 0.1) is 29.7 Å². The van der Waals surface area contributed by atoms with Crippen LogP contribution >= 0.6 is 0 Å². The van der Waals surface area contributed by atoms with Crippen LogP contribution in [0.1, 0.15) is 24.5 Å². The van der Waals surface area contributed by atoms with E-state index in [9.17, 15) is 0 Å². The van der Waals surface area contributed by atoms with E-state index in [1.165, 1.54) is 18.4 Å². The topological polar surface area (TPSA) is 40.2 Å². The van der Waals surface area contributed by atoms with Gasteiger partial charge in [-0.2, -0.15) is 0 Å². The molecule has 4 nitrogen and oxygen atoms in total. The number of hydrogen-bond donors (Lipinski definition) is 0. The predicted molar refractivity (Wildman–Crippen MR) is 101 cm³/mol. The summed E-state index contributed by atoms with van der Waals surface area (Å²) in [5, 5.41) is 0. The minimum atomic E-state index is 0.189. The fourth-order valence-electron chi connectivity index (χ4n) is 3.68. The molecule has 0 N–H and O–H groups in total. The fraction of sp³-hybridized carbons (Fsp3) is 0.227. The molecule has 1 aliphatic carbocycles. The van der Waals surface area contributed by atoms with Crippen molar-refractivity contribution < 1.29 is 9.15 Å². The predicted octanol–water partition coefficient (Wildman–Crippen LogP) is 5.38. The molecule has 130 valence electrons. The molecule has 0 saturated heterocycles. The molecule has 0 radical (unpaired) electrons. The minimum absolute atomic E-state index is 0.189. The number of imidazole rings is 1. The van der Waals surface area contributed by atoms with Gasteiger partial charge >= 0.3 is 0 Å².